The summed E-state index contributed by atoms with van der Waals surface area (Å²) in [5, 5.41) is 10.6. The van der Waals surface area contributed by atoms with Crippen molar-refractivity contribution in [1.82, 2.24) is 0 Å². The fourth-order valence-electron chi connectivity index (χ4n) is 10.8. The molecule has 0 rings (SSSR count). The molecule has 17 nitrogen and oxygen atoms in total. The van der Waals surface area contributed by atoms with Crippen LogP contribution in [0.5, 0.6) is 0 Å². The van der Waals surface area contributed by atoms with Gasteiger partial charge in [0.25, 0.3) is 0 Å². The van der Waals surface area contributed by atoms with Gasteiger partial charge in [0.1, 0.15) is 19.3 Å². The molecule has 0 fully saturated rings. The molecule has 0 aromatic carbocycles. The fourth-order valence-corrected chi connectivity index (χ4v) is 12.4. The number of carbonyl (C=O) groups is 4. The molecular weight excluding hydrogens is 1200 g/mol. The van der Waals surface area contributed by atoms with E-state index >= 15 is 0 Å². The van der Waals surface area contributed by atoms with Gasteiger partial charge in [-0.1, -0.05) is 306 Å². The van der Waals surface area contributed by atoms with Gasteiger partial charge in [-0.25, -0.2) is 9.13 Å². The van der Waals surface area contributed by atoms with E-state index in [1.54, 1.807) is 0 Å². The maximum atomic E-state index is 13.0. The first kappa shape index (κ1) is 89.1. The van der Waals surface area contributed by atoms with Crippen LogP contribution in [0.3, 0.4) is 0 Å². The number of rotatable bonds is 69. The minimum Gasteiger partial charge on any atom is -0.462 e. The summed E-state index contributed by atoms with van der Waals surface area (Å²) in [4.78, 5) is 72.5. The van der Waals surface area contributed by atoms with Crippen molar-refractivity contribution >= 4 is 39.5 Å². The molecule has 0 radical (unpaired) electrons. The average Bonchev–Trinajstić information content (AvgIpc) is 3.10. The van der Waals surface area contributed by atoms with E-state index in [1.165, 1.54) is 148 Å². The highest BCUT2D eigenvalue weighted by Crippen LogP contribution is 2.45. The van der Waals surface area contributed by atoms with Crippen molar-refractivity contribution in [3.63, 3.8) is 0 Å². The lowest BCUT2D eigenvalue weighted by molar-refractivity contribution is -0.161. The monoisotopic (exact) mass is 1340 g/mol. The molecule has 2 unspecified atom stereocenters. The molecule has 0 amide bonds. The third-order valence-electron chi connectivity index (χ3n) is 16.6. The van der Waals surface area contributed by atoms with E-state index in [0.29, 0.717) is 37.5 Å². The fraction of sp³-hybridized carbons (Fsp3) is 0.944. The van der Waals surface area contributed by atoms with Gasteiger partial charge in [-0.05, 0) is 49.4 Å². The second-order valence-electron chi connectivity index (χ2n) is 27.9. The first-order chi connectivity index (χ1) is 43.6. The van der Waals surface area contributed by atoms with E-state index in [0.717, 1.165) is 115 Å². The second kappa shape index (κ2) is 61.6. The van der Waals surface area contributed by atoms with E-state index in [9.17, 15) is 43.2 Å². The Morgan fingerprint density at radius 2 is 0.462 bits per heavy atom. The number of esters is 4. The van der Waals surface area contributed by atoms with Crippen LogP contribution in [0.4, 0.5) is 0 Å². The molecule has 19 heteroatoms. The molecule has 0 heterocycles. The number of phosphoric ester groups is 2. The smallest absolute Gasteiger partial charge is 0.462 e. The van der Waals surface area contributed by atoms with E-state index < -0.39 is 97.5 Å². The van der Waals surface area contributed by atoms with Gasteiger partial charge in [0.05, 0.1) is 26.4 Å². The Hall–Kier alpha value is -1.94. The average molecular weight is 1340 g/mol. The van der Waals surface area contributed by atoms with Crippen molar-refractivity contribution in [2.75, 3.05) is 39.6 Å². The summed E-state index contributed by atoms with van der Waals surface area (Å²) in [6.45, 7) is 14.0. The Morgan fingerprint density at radius 3 is 0.681 bits per heavy atom. The number of aliphatic hydroxyl groups excluding tert-OH is 1. The first-order valence-corrected chi connectivity index (χ1v) is 40.2. The highest BCUT2D eigenvalue weighted by Gasteiger charge is 2.30. The van der Waals surface area contributed by atoms with E-state index in [2.05, 4.69) is 55.4 Å². The van der Waals surface area contributed by atoms with E-state index in [4.69, 9.17) is 37.0 Å². The van der Waals surface area contributed by atoms with Crippen molar-refractivity contribution in [1.29, 1.82) is 0 Å². The number of hydrogen-bond acceptors (Lipinski definition) is 15. The Bertz CT molecular complexity index is 1800. The van der Waals surface area contributed by atoms with Crippen LogP contribution >= 0.6 is 15.6 Å². The molecule has 91 heavy (non-hydrogen) atoms. The molecule has 0 aliphatic heterocycles. The van der Waals surface area contributed by atoms with E-state index in [-0.39, 0.29) is 25.7 Å². The number of carbonyl (C=O) groups excluding carboxylic acids is 4. The molecule has 0 saturated heterocycles. The van der Waals surface area contributed by atoms with Gasteiger partial charge in [0.15, 0.2) is 12.2 Å². The zero-order valence-electron chi connectivity index (χ0n) is 59.5. The predicted octanol–water partition coefficient (Wildman–Crippen LogP) is 20.5. The van der Waals surface area contributed by atoms with E-state index in [1.807, 2.05) is 0 Å². The maximum Gasteiger partial charge on any atom is 0.472 e. The predicted molar refractivity (Wildman–Crippen MR) is 367 cm³/mol. The van der Waals surface area contributed by atoms with Crippen LogP contribution in [0.25, 0.3) is 0 Å². The molecule has 0 aromatic heterocycles. The summed E-state index contributed by atoms with van der Waals surface area (Å²) in [6.07, 6.45) is 44.8. The van der Waals surface area contributed by atoms with Crippen LogP contribution in [0.15, 0.2) is 0 Å². The van der Waals surface area contributed by atoms with Gasteiger partial charge in [-0.2, -0.15) is 0 Å². The van der Waals surface area contributed by atoms with Gasteiger partial charge in [0.2, 0.25) is 0 Å². The van der Waals surface area contributed by atoms with Crippen LogP contribution in [-0.2, 0) is 65.4 Å². The van der Waals surface area contributed by atoms with Gasteiger partial charge in [0, 0.05) is 25.7 Å². The number of unbranched alkanes of at least 4 members (excludes halogenated alkanes) is 35. The third-order valence-corrected chi connectivity index (χ3v) is 18.5. The van der Waals surface area contributed by atoms with Gasteiger partial charge < -0.3 is 33.8 Å². The highest BCUT2D eigenvalue weighted by molar-refractivity contribution is 7.47. The molecule has 0 spiro atoms. The largest absolute Gasteiger partial charge is 0.472 e. The lowest BCUT2D eigenvalue weighted by Crippen LogP contribution is -2.30. The zero-order chi connectivity index (χ0) is 67.5. The standard InChI is InChI=1S/C72H140O17P2/c1-62(2)48-40-32-24-20-16-12-10-9-11-13-18-22-26-38-46-54-71(76)88-67(58-82-69(74)52-44-36-30-28-34-42-50-64(5)6)60-86-90(78,79)84-56-66(73)57-85-91(80,81)87-61-68(59-83-70(75)53-45-37-31-29-35-43-51-65(7)8)89-72(77)55-47-39-27-23-19-15-14-17-21-25-33-41-49-63(3)4/h62-68,73H,9-61H2,1-8H3,(H,78,79)(H,80,81)/t66-,67-,68-/m1/s1. The molecule has 0 bridgehead atoms. The summed E-state index contributed by atoms with van der Waals surface area (Å²) in [7, 11) is -9.90. The van der Waals surface area contributed by atoms with Crippen molar-refractivity contribution in [3.8, 4) is 0 Å². The third kappa shape index (κ3) is 66.5. The molecule has 0 aliphatic carbocycles. The minimum absolute atomic E-state index is 0.105. The normalized spacial score (nSPS) is 14.2. The topological polar surface area (TPSA) is 237 Å². The quantitative estimate of drug-likeness (QED) is 0.0222. The molecular formula is C72H140O17P2. The van der Waals surface area contributed by atoms with Crippen LogP contribution in [-0.4, -0.2) is 96.7 Å². The Morgan fingerprint density at radius 1 is 0.275 bits per heavy atom. The van der Waals surface area contributed by atoms with Crippen molar-refractivity contribution < 1.29 is 80.2 Å². The number of aliphatic hydroxyl groups is 1. The minimum atomic E-state index is -4.95. The lowest BCUT2D eigenvalue weighted by Gasteiger charge is -2.21. The molecule has 0 saturated carbocycles. The zero-order valence-corrected chi connectivity index (χ0v) is 61.3. The summed E-state index contributed by atoms with van der Waals surface area (Å²) < 4.78 is 68.3. The van der Waals surface area contributed by atoms with Crippen molar-refractivity contribution in [2.45, 2.75) is 375 Å². The summed E-state index contributed by atoms with van der Waals surface area (Å²) in [5.74, 6) is 0.808. The molecule has 5 atom stereocenters. The molecule has 0 aliphatic rings. The second-order valence-corrected chi connectivity index (χ2v) is 30.8. The number of hydrogen-bond donors (Lipinski definition) is 3. The Labute approximate surface area is 556 Å². The lowest BCUT2D eigenvalue weighted by atomic mass is 10.0. The SMILES string of the molecule is CC(C)CCCCCCCCCCCCCCCCCC(=O)O[C@H](COC(=O)CCCCCCCCC(C)C)COP(=O)(O)OC[C@@H](O)COP(=O)(O)OC[C@@H](COC(=O)CCCCCCCCC(C)C)OC(=O)CCCCCCCCCCCCCCC(C)C. The molecule has 3 N–H and O–H groups in total. The summed E-state index contributed by atoms with van der Waals surface area (Å²) >= 11 is 0. The van der Waals surface area contributed by atoms with Crippen molar-refractivity contribution in [2.24, 2.45) is 23.7 Å². The number of ether oxygens (including phenoxy) is 4. The van der Waals surface area contributed by atoms with Gasteiger partial charge >= 0.3 is 39.5 Å². The summed E-state index contributed by atoms with van der Waals surface area (Å²) in [6, 6.07) is 0. The maximum absolute atomic E-state index is 13.0. The van der Waals surface area contributed by atoms with Crippen LogP contribution in [0.2, 0.25) is 0 Å². The van der Waals surface area contributed by atoms with Crippen LogP contribution in [0, 0.1) is 23.7 Å². The Balaban J connectivity index is 5.19. The van der Waals surface area contributed by atoms with Crippen LogP contribution in [0.1, 0.15) is 357 Å². The molecule has 540 valence electrons. The highest BCUT2D eigenvalue weighted by atomic mass is 31.2. The first-order valence-electron chi connectivity index (χ1n) is 37.2. The molecule has 0 aromatic rings. The Kier molecular flexibility index (Phi) is 60.3. The van der Waals surface area contributed by atoms with Gasteiger partial charge in [-0.3, -0.25) is 37.3 Å². The van der Waals surface area contributed by atoms with Gasteiger partial charge in [-0.15, -0.1) is 0 Å². The summed E-state index contributed by atoms with van der Waals surface area (Å²) in [5.41, 5.74) is 0. The van der Waals surface area contributed by atoms with Crippen molar-refractivity contribution in [3.05, 3.63) is 0 Å². The van der Waals surface area contributed by atoms with Crippen LogP contribution < -0.4 is 0 Å². The number of phosphoric acid groups is 2.